The molecule has 1 saturated heterocycles. The zero-order valence-electron chi connectivity index (χ0n) is 13.8. The quantitative estimate of drug-likeness (QED) is 0.624. The van der Waals surface area contributed by atoms with Gasteiger partial charge < -0.3 is 15.4 Å². The van der Waals surface area contributed by atoms with E-state index in [1.807, 2.05) is 18.2 Å². The van der Waals surface area contributed by atoms with Crippen molar-refractivity contribution in [3.63, 3.8) is 0 Å². The van der Waals surface area contributed by atoms with Gasteiger partial charge in [0, 0.05) is 38.4 Å². The third kappa shape index (κ3) is 4.96. The molecule has 1 aliphatic rings. The van der Waals surface area contributed by atoms with Crippen LogP contribution in [0.4, 0.5) is 0 Å². The number of nitrogens with zero attached hydrogens (tertiary/aromatic N) is 3. The molecule has 0 aromatic carbocycles. The van der Waals surface area contributed by atoms with Crippen LogP contribution in [-0.2, 0) is 11.3 Å². The van der Waals surface area contributed by atoms with Crippen molar-refractivity contribution in [2.24, 2.45) is 4.99 Å². The van der Waals surface area contributed by atoms with Gasteiger partial charge in [-0.05, 0) is 26.0 Å². The molecule has 0 spiro atoms. The number of pyridine rings is 1. The highest BCUT2D eigenvalue weighted by Crippen LogP contribution is 2.14. The highest BCUT2D eigenvalue weighted by Gasteiger charge is 2.28. The minimum Gasteiger partial charge on any atom is -0.379 e. The van der Waals surface area contributed by atoms with E-state index in [1.165, 1.54) is 0 Å². The maximum Gasteiger partial charge on any atom is 0.191 e. The lowest BCUT2D eigenvalue weighted by Crippen LogP contribution is -2.56. The molecule has 2 heterocycles. The van der Waals surface area contributed by atoms with Crippen molar-refractivity contribution in [1.82, 2.24) is 20.5 Å². The molecule has 1 aromatic heterocycles. The van der Waals surface area contributed by atoms with Gasteiger partial charge >= 0.3 is 0 Å². The molecular formula is C16H27N5O. The summed E-state index contributed by atoms with van der Waals surface area (Å²) in [5, 5.41) is 6.70. The van der Waals surface area contributed by atoms with E-state index in [2.05, 4.69) is 39.4 Å². The van der Waals surface area contributed by atoms with E-state index >= 15 is 0 Å². The van der Waals surface area contributed by atoms with E-state index in [0.717, 1.165) is 44.5 Å². The van der Waals surface area contributed by atoms with E-state index in [4.69, 9.17) is 4.74 Å². The van der Waals surface area contributed by atoms with E-state index in [-0.39, 0.29) is 5.54 Å². The van der Waals surface area contributed by atoms with E-state index in [0.29, 0.717) is 6.54 Å². The number of aliphatic imine (C=N–C) groups is 1. The zero-order valence-corrected chi connectivity index (χ0v) is 13.8. The van der Waals surface area contributed by atoms with Crippen LogP contribution in [0.1, 0.15) is 19.5 Å². The van der Waals surface area contributed by atoms with Gasteiger partial charge in [0.05, 0.1) is 25.5 Å². The Morgan fingerprint density at radius 1 is 1.32 bits per heavy atom. The predicted molar refractivity (Wildman–Crippen MR) is 88.9 cm³/mol. The standard InChI is InChI=1S/C16H27N5O/c1-16(2,21-8-10-22-11-9-21)13-20-15(17-3)19-12-14-6-4-5-7-18-14/h4-7H,8-13H2,1-3H3,(H2,17,19,20). The number of aromatic nitrogens is 1. The van der Waals surface area contributed by atoms with Crippen molar-refractivity contribution in [1.29, 1.82) is 0 Å². The third-order valence-electron chi connectivity index (χ3n) is 3.94. The van der Waals surface area contributed by atoms with Gasteiger partial charge in [-0.1, -0.05) is 6.07 Å². The largest absolute Gasteiger partial charge is 0.379 e. The normalized spacial score (nSPS) is 17.3. The van der Waals surface area contributed by atoms with Crippen molar-refractivity contribution in [3.05, 3.63) is 30.1 Å². The van der Waals surface area contributed by atoms with Gasteiger partial charge in [0.2, 0.25) is 0 Å². The lowest BCUT2D eigenvalue weighted by Gasteiger charge is -2.41. The van der Waals surface area contributed by atoms with Gasteiger partial charge in [-0.15, -0.1) is 0 Å². The first-order chi connectivity index (χ1) is 10.6. The van der Waals surface area contributed by atoms with Crippen LogP contribution in [-0.4, -0.2) is 61.3 Å². The average Bonchev–Trinajstić information content (AvgIpc) is 2.57. The third-order valence-corrected chi connectivity index (χ3v) is 3.94. The summed E-state index contributed by atoms with van der Waals surface area (Å²) in [6, 6.07) is 5.90. The first kappa shape index (κ1) is 16.7. The molecule has 0 radical (unpaired) electrons. The summed E-state index contributed by atoms with van der Waals surface area (Å²) < 4.78 is 5.42. The SMILES string of the molecule is CN=C(NCc1ccccn1)NCC(C)(C)N1CCOCC1. The van der Waals surface area contributed by atoms with Gasteiger partial charge in [0.25, 0.3) is 0 Å². The first-order valence-corrected chi connectivity index (χ1v) is 7.79. The molecule has 0 aliphatic carbocycles. The van der Waals surface area contributed by atoms with Crippen LogP contribution in [0.15, 0.2) is 29.4 Å². The Hall–Kier alpha value is -1.66. The maximum atomic E-state index is 5.42. The van der Waals surface area contributed by atoms with Crippen molar-refractivity contribution in [2.75, 3.05) is 39.9 Å². The van der Waals surface area contributed by atoms with Crippen molar-refractivity contribution in [3.8, 4) is 0 Å². The van der Waals surface area contributed by atoms with Crippen LogP contribution in [0.3, 0.4) is 0 Å². The summed E-state index contributed by atoms with van der Waals surface area (Å²) in [4.78, 5) is 11.0. The monoisotopic (exact) mass is 305 g/mol. The number of rotatable bonds is 5. The Morgan fingerprint density at radius 3 is 2.73 bits per heavy atom. The lowest BCUT2D eigenvalue weighted by atomic mass is 10.0. The van der Waals surface area contributed by atoms with E-state index in [9.17, 15) is 0 Å². The Labute approximate surface area is 133 Å². The number of morpholine rings is 1. The summed E-state index contributed by atoms with van der Waals surface area (Å²) >= 11 is 0. The average molecular weight is 305 g/mol. The van der Waals surface area contributed by atoms with Crippen LogP contribution in [0.5, 0.6) is 0 Å². The van der Waals surface area contributed by atoms with Gasteiger partial charge in [-0.3, -0.25) is 14.9 Å². The number of hydrogen-bond donors (Lipinski definition) is 2. The Bertz CT molecular complexity index is 469. The molecule has 0 unspecified atom stereocenters. The second-order valence-electron chi connectivity index (χ2n) is 6.01. The number of hydrogen-bond acceptors (Lipinski definition) is 4. The van der Waals surface area contributed by atoms with Crippen molar-refractivity contribution >= 4 is 5.96 Å². The number of ether oxygens (including phenoxy) is 1. The molecule has 0 atom stereocenters. The number of nitrogens with one attached hydrogen (secondary N) is 2. The van der Waals surface area contributed by atoms with Crippen LogP contribution in [0.25, 0.3) is 0 Å². The summed E-state index contributed by atoms with van der Waals surface area (Å²) in [6.45, 7) is 9.58. The zero-order chi connectivity index (χ0) is 15.8. The Kier molecular flexibility index (Phi) is 6.15. The van der Waals surface area contributed by atoms with Gasteiger partial charge in [0.1, 0.15) is 0 Å². The van der Waals surface area contributed by atoms with Crippen LogP contribution in [0.2, 0.25) is 0 Å². The molecule has 1 aromatic rings. The smallest absolute Gasteiger partial charge is 0.191 e. The second-order valence-corrected chi connectivity index (χ2v) is 6.01. The minimum absolute atomic E-state index is 0.0619. The molecular weight excluding hydrogens is 278 g/mol. The molecule has 22 heavy (non-hydrogen) atoms. The molecule has 2 N–H and O–H groups in total. The van der Waals surface area contributed by atoms with E-state index < -0.39 is 0 Å². The van der Waals surface area contributed by atoms with Crippen LogP contribution >= 0.6 is 0 Å². The van der Waals surface area contributed by atoms with Crippen LogP contribution in [0, 0.1) is 0 Å². The molecule has 1 aliphatic heterocycles. The minimum atomic E-state index is 0.0619. The summed E-state index contributed by atoms with van der Waals surface area (Å²) in [5.74, 6) is 0.798. The van der Waals surface area contributed by atoms with Gasteiger partial charge in [-0.25, -0.2) is 0 Å². The van der Waals surface area contributed by atoms with Crippen molar-refractivity contribution < 1.29 is 4.74 Å². The highest BCUT2D eigenvalue weighted by molar-refractivity contribution is 5.79. The topological polar surface area (TPSA) is 61.8 Å². The summed E-state index contributed by atoms with van der Waals surface area (Å²) in [6.07, 6.45) is 1.80. The van der Waals surface area contributed by atoms with Gasteiger partial charge in [0.15, 0.2) is 5.96 Å². The van der Waals surface area contributed by atoms with Gasteiger partial charge in [-0.2, -0.15) is 0 Å². The van der Waals surface area contributed by atoms with Crippen molar-refractivity contribution in [2.45, 2.75) is 25.9 Å². The Balaban J connectivity index is 1.80. The fourth-order valence-corrected chi connectivity index (χ4v) is 2.48. The number of guanidine groups is 1. The Morgan fingerprint density at radius 2 is 2.09 bits per heavy atom. The summed E-state index contributed by atoms with van der Waals surface area (Å²) in [5.41, 5.74) is 1.06. The molecule has 1 fully saturated rings. The fourth-order valence-electron chi connectivity index (χ4n) is 2.48. The second kappa shape index (κ2) is 8.10. The molecule has 2 rings (SSSR count). The molecule has 0 saturated carbocycles. The summed E-state index contributed by atoms with van der Waals surface area (Å²) in [7, 11) is 1.79. The molecule has 122 valence electrons. The van der Waals surface area contributed by atoms with Crippen LogP contribution < -0.4 is 10.6 Å². The fraction of sp³-hybridized carbons (Fsp3) is 0.625. The highest BCUT2D eigenvalue weighted by atomic mass is 16.5. The predicted octanol–water partition coefficient (Wildman–Crippen LogP) is 0.857. The van der Waals surface area contributed by atoms with E-state index in [1.54, 1.807) is 13.2 Å². The first-order valence-electron chi connectivity index (χ1n) is 7.79. The maximum absolute atomic E-state index is 5.42. The molecule has 0 amide bonds. The molecule has 6 heteroatoms. The molecule has 6 nitrogen and oxygen atoms in total. The molecule has 0 bridgehead atoms. The lowest BCUT2D eigenvalue weighted by molar-refractivity contribution is -0.00834.